The number of aromatic nitrogens is 2. The van der Waals surface area contributed by atoms with Crippen molar-refractivity contribution in [3.05, 3.63) is 111 Å². The van der Waals surface area contributed by atoms with E-state index in [4.69, 9.17) is 4.74 Å². The van der Waals surface area contributed by atoms with Crippen LogP contribution in [0.1, 0.15) is 50.5 Å². The third-order valence-electron chi connectivity index (χ3n) is 6.17. The fourth-order valence-corrected chi connectivity index (χ4v) is 4.41. The number of fused-ring (bicyclic) bond motifs is 1. The zero-order valence-electron chi connectivity index (χ0n) is 19.6. The van der Waals surface area contributed by atoms with Crippen molar-refractivity contribution in [2.75, 3.05) is 11.5 Å². The Balaban J connectivity index is 1.63. The van der Waals surface area contributed by atoms with E-state index in [1.165, 1.54) is 12.1 Å². The third-order valence-corrected chi connectivity index (χ3v) is 6.17. The number of hydrogen-bond acceptors (Lipinski definition) is 6. The van der Waals surface area contributed by atoms with Crippen molar-refractivity contribution in [2.24, 2.45) is 0 Å². The van der Waals surface area contributed by atoms with Gasteiger partial charge >= 0.3 is 5.97 Å². The Labute approximate surface area is 206 Å². The first-order valence-corrected chi connectivity index (χ1v) is 11.4. The molecule has 1 atom stereocenters. The number of nitro groups is 1. The standard InChI is InChI=1S/C27H22N4O5/c1-3-36-27(33)19-10-12-20(13-11-19)30-25(18-8-14-21(15-9-18)31(34)35)22-23(28-29-24(22)26(30)32)17-6-4-16(2)5-7-17/h4-15,25H,3H2,1-2H3,(H,28,29). The molecule has 3 aromatic carbocycles. The van der Waals surface area contributed by atoms with Gasteiger partial charge in [0.1, 0.15) is 5.69 Å². The molecule has 1 aromatic heterocycles. The summed E-state index contributed by atoms with van der Waals surface area (Å²) in [6.45, 7) is 3.98. The van der Waals surface area contributed by atoms with Gasteiger partial charge in [0, 0.05) is 28.9 Å². The summed E-state index contributed by atoms with van der Waals surface area (Å²) in [6.07, 6.45) is 0. The van der Waals surface area contributed by atoms with E-state index in [9.17, 15) is 19.7 Å². The van der Waals surface area contributed by atoms with Crippen molar-refractivity contribution in [1.82, 2.24) is 10.2 Å². The summed E-state index contributed by atoms with van der Waals surface area (Å²) in [4.78, 5) is 38.1. The molecule has 0 saturated heterocycles. The van der Waals surface area contributed by atoms with E-state index in [2.05, 4.69) is 10.2 Å². The number of nitrogens with one attached hydrogen (secondary N) is 1. The van der Waals surface area contributed by atoms with E-state index in [1.54, 1.807) is 48.2 Å². The molecule has 2 heterocycles. The van der Waals surface area contributed by atoms with Crippen LogP contribution in [0.2, 0.25) is 0 Å². The van der Waals surface area contributed by atoms with Gasteiger partial charge in [0.05, 0.1) is 28.8 Å². The summed E-state index contributed by atoms with van der Waals surface area (Å²) in [7, 11) is 0. The molecule has 1 N–H and O–H groups in total. The van der Waals surface area contributed by atoms with Crippen LogP contribution in [0.3, 0.4) is 0 Å². The number of amides is 1. The summed E-state index contributed by atoms with van der Waals surface area (Å²) in [6, 6.07) is 20.0. The minimum Gasteiger partial charge on any atom is -0.462 e. The first kappa shape index (κ1) is 23.0. The number of nitrogens with zero attached hydrogens (tertiary/aromatic N) is 3. The Hall–Kier alpha value is -4.79. The average molecular weight is 482 g/mol. The highest BCUT2D eigenvalue weighted by Gasteiger charge is 2.43. The molecule has 0 aliphatic carbocycles. The van der Waals surface area contributed by atoms with Gasteiger partial charge in [-0.15, -0.1) is 0 Å². The van der Waals surface area contributed by atoms with Gasteiger partial charge in [-0.3, -0.25) is 24.9 Å². The molecule has 1 amide bonds. The number of esters is 1. The van der Waals surface area contributed by atoms with Crippen molar-refractivity contribution < 1.29 is 19.2 Å². The fourth-order valence-electron chi connectivity index (χ4n) is 4.41. The highest BCUT2D eigenvalue weighted by Crippen LogP contribution is 2.45. The lowest BCUT2D eigenvalue weighted by Gasteiger charge is -2.26. The number of anilines is 1. The predicted octanol–water partition coefficient (Wildman–Crippen LogP) is 5.22. The number of non-ortho nitro benzene ring substituents is 1. The van der Waals surface area contributed by atoms with Crippen LogP contribution < -0.4 is 4.90 Å². The highest BCUT2D eigenvalue weighted by molar-refractivity contribution is 6.12. The molecular weight excluding hydrogens is 460 g/mol. The van der Waals surface area contributed by atoms with Gasteiger partial charge in [0.2, 0.25) is 0 Å². The third kappa shape index (κ3) is 3.90. The van der Waals surface area contributed by atoms with Crippen molar-refractivity contribution in [1.29, 1.82) is 0 Å². The number of H-pyrrole nitrogens is 1. The molecule has 0 spiro atoms. The zero-order valence-corrected chi connectivity index (χ0v) is 19.6. The molecule has 9 heteroatoms. The normalized spacial score (nSPS) is 14.6. The molecule has 36 heavy (non-hydrogen) atoms. The molecular formula is C27H22N4O5. The van der Waals surface area contributed by atoms with Gasteiger partial charge in [-0.05, 0) is 55.8 Å². The number of hydrogen-bond donors (Lipinski definition) is 1. The van der Waals surface area contributed by atoms with Crippen LogP contribution in [0.15, 0.2) is 72.8 Å². The van der Waals surface area contributed by atoms with E-state index in [0.717, 1.165) is 11.1 Å². The second-order valence-electron chi connectivity index (χ2n) is 8.42. The maximum atomic E-state index is 13.6. The lowest BCUT2D eigenvalue weighted by Crippen LogP contribution is -2.29. The van der Waals surface area contributed by atoms with E-state index in [-0.39, 0.29) is 18.2 Å². The molecule has 0 fully saturated rings. The molecule has 9 nitrogen and oxygen atoms in total. The van der Waals surface area contributed by atoms with Crippen molar-refractivity contribution in [2.45, 2.75) is 19.9 Å². The Kier molecular flexibility index (Phi) is 5.81. The first-order valence-electron chi connectivity index (χ1n) is 11.4. The van der Waals surface area contributed by atoms with Crippen LogP contribution >= 0.6 is 0 Å². The van der Waals surface area contributed by atoms with Crippen LogP contribution in [0.4, 0.5) is 11.4 Å². The quantitative estimate of drug-likeness (QED) is 0.229. The molecule has 180 valence electrons. The summed E-state index contributed by atoms with van der Waals surface area (Å²) in [5.74, 6) is -0.733. The number of aromatic amines is 1. The summed E-state index contributed by atoms with van der Waals surface area (Å²) >= 11 is 0. The zero-order chi connectivity index (χ0) is 25.4. The Bertz CT molecular complexity index is 1460. The van der Waals surface area contributed by atoms with E-state index in [0.29, 0.717) is 33.8 Å². The Morgan fingerprint density at radius 3 is 2.33 bits per heavy atom. The number of rotatable bonds is 6. The average Bonchev–Trinajstić information content (AvgIpc) is 3.44. The molecule has 0 saturated carbocycles. The van der Waals surface area contributed by atoms with Gasteiger partial charge in [-0.2, -0.15) is 5.10 Å². The molecule has 1 aliphatic rings. The molecule has 0 radical (unpaired) electrons. The maximum Gasteiger partial charge on any atom is 0.338 e. The molecule has 1 aliphatic heterocycles. The Morgan fingerprint density at radius 2 is 1.72 bits per heavy atom. The number of ether oxygens (including phenoxy) is 1. The maximum absolute atomic E-state index is 13.6. The molecule has 4 aromatic rings. The SMILES string of the molecule is CCOC(=O)c1ccc(N2C(=O)c3[nH]nc(-c4ccc(C)cc4)c3C2c2ccc([N+](=O)[O-])cc2)cc1. The van der Waals surface area contributed by atoms with Crippen molar-refractivity contribution in [3.8, 4) is 11.3 Å². The van der Waals surface area contributed by atoms with Gasteiger partial charge in [-0.25, -0.2) is 4.79 Å². The van der Waals surface area contributed by atoms with Crippen LogP contribution in [-0.2, 0) is 4.74 Å². The lowest BCUT2D eigenvalue weighted by atomic mass is 9.95. The van der Waals surface area contributed by atoms with E-state index < -0.39 is 16.9 Å². The second kappa shape index (κ2) is 9.10. The van der Waals surface area contributed by atoms with E-state index in [1.807, 2.05) is 31.2 Å². The monoisotopic (exact) mass is 482 g/mol. The van der Waals surface area contributed by atoms with Crippen LogP contribution in [-0.4, -0.2) is 33.6 Å². The van der Waals surface area contributed by atoms with E-state index >= 15 is 0 Å². The van der Waals surface area contributed by atoms with Crippen LogP contribution in [0.25, 0.3) is 11.3 Å². The van der Waals surface area contributed by atoms with Gasteiger partial charge < -0.3 is 4.74 Å². The number of carbonyl (C=O) groups is 2. The minimum absolute atomic E-state index is 0.0420. The molecule has 5 rings (SSSR count). The van der Waals surface area contributed by atoms with Gasteiger partial charge in [0.15, 0.2) is 0 Å². The smallest absolute Gasteiger partial charge is 0.338 e. The van der Waals surface area contributed by atoms with Crippen LogP contribution in [0, 0.1) is 17.0 Å². The minimum atomic E-state index is -0.586. The molecule has 1 unspecified atom stereocenters. The second-order valence-corrected chi connectivity index (χ2v) is 8.42. The number of carbonyl (C=O) groups excluding carboxylic acids is 2. The number of aryl methyl sites for hydroxylation is 1. The summed E-state index contributed by atoms with van der Waals surface area (Å²) in [5, 5.41) is 18.6. The van der Waals surface area contributed by atoms with Gasteiger partial charge in [-0.1, -0.05) is 29.8 Å². The number of nitro benzene ring substituents is 1. The van der Waals surface area contributed by atoms with Crippen molar-refractivity contribution in [3.63, 3.8) is 0 Å². The van der Waals surface area contributed by atoms with Crippen molar-refractivity contribution >= 4 is 23.3 Å². The summed E-state index contributed by atoms with van der Waals surface area (Å²) < 4.78 is 5.06. The summed E-state index contributed by atoms with van der Waals surface area (Å²) in [5.41, 5.74) is 5.20. The fraction of sp³-hybridized carbons (Fsp3) is 0.148. The van der Waals surface area contributed by atoms with Gasteiger partial charge in [0.25, 0.3) is 11.6 Å². The molecule has 0 bridgehead atoms. The lowest BCUT2D eigenvalue weighted by molar-refractivity contribution is -0.384. The number of benzene rings is 3. The van der Waals surface area contributed by atoms with Crippen LogP contribution in [0.5, 0.6) is 0 Å². The predicted molar refractivity (Wildman–Crippen MR) is 133 cm³/mol. The first-order chi connectivity index (χ1) is 17.4. The largest absolute Gasteiger partial charge is 0.462 e. The Morgan fingerprint density at radius 1 is 1.06 bits per heavy atom. The highest BCUT2D eigenvalue weighted by atomic mass is 16.6. The topological polar surface area (TPSA) is 118 Å².